The predicted molar refractivity (Wildman–Crippen MR) is 116 cm³/mol. The number of nitrogens with zero attached hydrogens (tertiary/aromatic N) is 3. The topological polar surface area (TPSA) is 71.5 Å². The molecule has 0 aliphatic rings. The third-order valence-electron chi connectivity index (χ3n) is 5.42. The second-order valence-electron chi connectivity index (χ2n) is 7.68. The quantitative estimate of drug-likeness (QED) is 0.480. The van der Waals surface area contributed by atoms with Crippen LogP contribution in [0.5, 0.6) is 0 Å². The minimum atomic E-state index is -0.813. The highest BCUT2D eigenvalue weighted by Gasteiger charge is 2.22. The molecule has 0 aliphatic heterocycles. The maximum Gasteiger partial charge on any atom is 0.321 e. The number of aliphatic carboxylic acids is 1. The Morgan fingerprint density at radius 2 is 1.87 bits per heavy atom. The molecule has 0 spiro atoms. The molecule has 4 aromatic rings. The molecule has 0 unspecified atom stereocenters. The Morgan fingerprint density at radius 1 is 1.13 bits per heavy atom. The number of likely N-dealkylation sites (N-methyl/N-ethyl adjacent to an activating group) is 1. The summed E-state index contributed by atoms with van der Waals surface area (Å²) in [6.07, 6.45) is 3.23. The molecule has 1 N–H and O–H groups in total. The molecular weight excluding hydrogens is 378 g/mol. The normalized spacial score (nSPS) is 12.5. The molecule has 0 saturated heterocycles. The summed E-state index contributed by atoms with van der Waals surface area (Å²) in [6.45, 7) is 0.726. The Kier molecular flexibility index (Phi) is 5.68. The average Bonchev–Trinajstić information content (AvgIpc) is 3.36. The zero-order chi connectivity index (χ0) is 21.1. The smallest absolute Gasteiger partial charge is 0.321 e. The molecule has 6 heteroatoms. The van der Waals surface area contributed by atoms with Gasteiger partial charge in [-0.3, -0.25) is 9.69 Å². The number of carboxylic acid groups (broad SMARTS) is 1. The fourth-order valence-corrected chi connectivity index (χ4v) is 3.78. The van der Waals surface area contributed by atoms with Crippen molar-refractivity contribution >= 4 is 16.9 Å². The zero-order valence-corrected chi connectivity index (χ0v) is 17.2. The summed E-state index contributed by atoms with van der Waals surface area (Å²) < 4.78 is 7.71. The summed E-state index contributed by atoms with van der Waals surface area (Å²) in [5, 5.41) is 14.8. The van der Waals surface area contributed by atoms with Crippen molar-refractivity contribution in [3.8, 4) is 11.3 Å². The summed E-state index contributed by atoms with van der Waals surface area (Å²) in [6, 6.07) is 19.5. The second kappa shape index (κ2) is 8.55. The van der Waals surface area contributed by atoms with E-state index in [1.165, 1.54) is 0 Å². The van der Waals surface area contributed by atoms with E-state index in [1.807, 2.05) is 48.5 Å². The molecule has 4 rings (SSSR count). The van der Waals surface area contributed by atoms with E-state index < -0.39 is 12.0 Å². The van der Waals surface area contributed by atoms with Crippen LogP contribution in [0.2, 0.25) is 0 Å². The summed E-state index contributed by atoms with van der Waals surface area (Å²) in [5.74, 6) is 0.0109. The van der Waals surface area contributed by atoms with Crippen LogP contribution in [-0.4, -0.2) is 45.8 Å². The van der Waals surface area contributed by atoms with Gasteiger partial charge >= 0.3 is 5.97 Å². The third kappa shape index (κ3) is 4.14. The fraction of sp³-hybridized carbons (Fsp3) is 0.250. The van der Waals surface area contributed by atoms with Gasteiger partial charge < -0.3 is 14.2 Å². The van der Waals surface area contributed by atoms with Crippen molar-refractivity contribution < 1.29 is 14.4 Å². The van der Waals surface area contributed by atoms with Gasteiger partial charge in [0.1, 0.15) is 17.5 Å². The SMILES string of the molecule is CN(C)[C@@H](Cc1cn(CCc2cc(-c3ccccc3)no2)c2ccccc12)C(=O)O. The number of aromatic nitrogens is 2. The van der Waals surface area contributed by atoms with E-state index in [2.05, 4.69) is 28.1 Å². The van der Waals surface area contributed by atoms with Gasteiger partial charge in [0.2, 0.25) is 0 Å². The van der Waals surface area contributed by atoms with E-state index >= 15 is 0 Å². The van der Waals surface area contributed by atoms with Crippen molar-refractivity contribution in [3.63, 3.8) is 0 Å². The molecule has 0 aliphatic carbocycles. The lowest BCUT2D eigenvalue weighted by atomic mass is 10.0. The van der Waals surface area contributed by atoms with Gasteiger partial charge in [-0.1, -0.05) is 53.7 Å². The minimum Gasteiger partial charge on any atom is -0.480 e. The fourth-order valence-electron chi connectivity index (χ4n) is 3.78. The van der Waals surface area contributed by atoms with Crippen molar-refractivity contribution in [2.75, 3.05) is 14.1 Å². The van der Waals surface area contributed by atoms with E-state index in [-0.39, 0.29) is 0 Å². The predicted octanol–water partition coefficient (Wildman–Crippen LogP) is 4.10. The van der Waals surface area contributed by atoms with Crippen LogP contribution in [0.25, 0.3) is 22.2 Å². The molecule has 6 nitrogen and oxygen atoms in total. The number of hydrogen-bond acceptors (Lipinski definition) is 4. The standard InChI is InChI=1S/C24H25N3O3/c1-26(2)23(24(28)29)14-18-16-27(22-11-7-6-10-20(18)22)13-12-19-15-21(25-30-19)17-8-4-3-5-9-17/h3-11,15-16,23H,12-14H2,1-2H3,(H,28,29)/t23-/m0/s1. The van der Waals surface area contributed by atoms with Crippen LogP contribution >= 0.6 is 0 Å². The number of para-hydroxylation sites is 1. The second-order valence-corrected chi connectivity index (χ2v) is 7.68. The lowest BCUT2D eigenvalue weighted by molar-refractivity contribution is -0.142. The summed E-state index contributed by atoms with van der Waals surface area (Å²) in [5.41, 5.74) is 4.00. The van der Waals surface area contributed by atoms with Crippen molar-refractivity contribution in [1.82, 2.24) is 14.6 Å². The Labute approximate surface area is 175 Å². The lowest BCUT2D eigenvalue weighted by Gasteiger charge is -2.19. The number of aryl methyl sites for hydroxylation is 2. The highest BCUT2D eigenvalue weighted by atomic mass is 16.5. The molecule has 0 fully saturated rings. The van der Waals surface area contributed by atoms with Gasteiger partial charge in [-0.25, -0.2) is 0 Å². The highest BCUT2D eigenvalue weighted by molar-refractivity contribution is 5.85. The van der Waals surface area contributed by atoms with Gasteiger partial charge in [0, 0.05) is 48.1 Å². The Balaban J connectivity index is 1.55. The van der Waals surface area contributed by atoms with Gasteiger partial charge in [-0.05, 0) is 25.7 Å². The van der Waals surface area contributed by atoms with Crippen molar-refractivity contribution in [2.45, 2.75) is 25.4 Å². The number of benzene rings is 2. The number of rotatable bonds is 8. The molecule has 2 aromatic carbocycles. The van der Waals surface area contributed by atoms with Crippen LogP contribution in [-0.2, 0) is 24.2 Å². The van der Waals surface area contributed by atoms with Gasteiger partial charge in [0.05, 0.1) is 0 Å². The van der Waals surface area contributed by atoms with Crippen molar-refractivity contribution in [3.05, 3.63) is 78.2 Å². The van der Waals surface area contributed by atoms with Gasteiger partial charge in [-0.2, -0.15) is 0 Å². The first-order valence-electron chi connectivity index (χ1n) is 10.00. The zero-order valence-electron chi connectivity index (χ0n) is 17.2. The van der Waals surface area contributed by atoms with E-state index in [1.54, 1.807) is 19.0 Å². The average molecular weight is 403 g/mol. The van der Waals surface area contributed by atoms with Crippen LogP contribution in [0.3, 0.4) is 0 Å². The molecule has 0 bridgehead atoms. The monoisotopic (exact) mass is 403 g/mol. The minimum absolute atomic E-state index is 0.455. The number of fused-ring (bicyclic) bond motifs is 1. The number of hydrogen-bond donors (Lipinski definition) is 1. The molecule has 2 aromatic heterocycles. The molecule has 154 valence electrons. The Morgan fingerprint density at radius 3 is 2.60 bits per heavy atom. The maximum absolute atomic E-state index is 11.7. The first kappa shape index (κ1) is 19.9. The molecule has 0 saturated carbocycles. The highest BCUT2D eigenvalue weighted by Crippen LogP contribution is 2.25. The number of carboxylic acids is 1. The largest absolute Gasteiger partial charge is 0.480 e. The third-order valence-corrected chi connectivity index (χ3v) is 5.42. The maximum atomic E-state index is 11.7. The van der Waals surface area contributed by atoms with E-state index in [0.717, 1.165) is 40.0 Å². The Bertz CT molecular complexity index is 1140. The summed E-state index contributed by atoms with van der Waals surface area (Å²) >= 11 is 0. The molecule has 2 heterocycles. The van der Waals surface area contributed by atoms with Crippen molar-refractivity contribution in [1.29, 1.82) is 0 Å². The summed E-state index contributed by atoms with van der Waals surface area (Å²) in [4.78, 5) is 13.4. The molecule has 30 heavy (non-hydrogen) atoms. The number of carbonyl (C=O) groups is 1. The molecule has 0 amide bonds. The van der Waals surface area contributed by atoms with E-state index in [0.29, 0.717) is 12.8 Å². The van der Waals surface area contributed by atoms with Gasteiger partial charge in [0.25, 0.3) is 0 Å². The lowest BCUT2D eigenvalue weighted by Crippen LogP contribution is -2.37. The molecule has 0 radical (unpaired) electrons. The van der Waals surface area contributed by atoms with Crippen LogP contribution in [0, 0.1) is 0 Å². The van der Waals surface area contributed by atoms with Gasteiger partial charge in [-0.15, -0.1) is 0 Å². The summed E-state index contributed by atoms with van der Waals surface area (Å²) in [7, 11) is 3.60. The van der Waals surface area contributed by atoms with Crippen LogP contribution < -0.4 is 0 Å². The van der Waals surface area contributed by atoms with Crippen LogP contribution in [0.4, 0.5) is 0 Å². The molecular formula is C24H25N3O3. The van der Waals surface area contributed by atoms with Crippen molar-refractivity contribution in [2.24, 2.45) is 0 Å². The Hall–Kier alpha value is -3.38. The first-order chi connectivity index (χ1) is 14.5. The first-order valence-corrected chi connectivity index (χ1v) is 10.00. The van der Waals surface area contributed by atoms with Gasteiger partial charge in [0.15, 0.2) is 0 Å². The van der Waals surface area contributed by atoms with E-state index in [4.69, 9.17) is 4.52 Å². The molecule has 1 atom stereocenters. The van der Waals surface area contributed by atoms with Crippen LogP contribution in [0.15, 0.2) is 71.4 Å². The van der Waals surface area contributed by atoms with Crippen LogP contribution in [0.1, 0.15) is 11.3 Å². The van der Waals surface area contributed by atoms with E-state index in [9.17, 15) is 9.90 Å².